The van der Waals surface area contributed by atoms with Gasteiger partial charge < -0.3 is 4.74 Å². The molecule has 0 fully saturated rings. The first-order valence-electron chi connectivity index (χ1n) is 11.6. The van der Waals surface area contributed by atoms with Gasteiger partial charge in [-0.3, -0.25) is 19.2 Å². The number of fused-ring (bicyclic) bond motifs is 1. The molecule has 0 aliphatic heterocycles. The number of rotatable bonds is 5. The molecule has 1 atom stereocenters. The predicted octanol–water partition coefficient (Wildman–Crippen LogP) is 5.59. The van der Waals surface area contributed by atoms with E-state index in [1.54, 1.807) is 27.9 Å². The van der Waals surface area contributed by atoms with Gasteiger partial charge in [-0.2, -0.15) is 0 Å². The molecule has 35 heavy (non-hydrogen) atoms. The van der Waals surface area contributed by atoms with Gasteiger partial charge in [0.1, 0.15) is 11.4 Å². The highest BCUT2D eigenvalue weighted by Gasteiger charge is 2.30. The molecular formula is C28H30N4O3. The fourth-order valence-corrected chi connectivity index (χ4v) is 3.88. The number of carbonyl (C=O) groups is 1. The molecule has 2 heterocycles. The van der Waals surface area contributed by atoms with Crippen LogP contribution in [0.4, 0.5) is 4.79 Å². The largest absolute Gasteiger partial charge is 0.444 e. The maximum absolute atomic E-state index is 13.7. The Morgan fingerprint density at radius 1 is 1.06 bits per heavy atom. The standard InChI is InChI=1S/C28H30N4O3/c1-19-12-14-22(15-13-19)32-25(30-24-11-7-6-10-23(24)26(32)33)20(2)31(27(34)35-28(3,4)5)18-21-9-8-16-29-17-21/h6-17,20H,18H2,1-5H3/t20-/m1/s1. The van der Waals surface area contributed by atoms with Crippen LogP contribution in [-0.2, 0) is 11.3 Å². The van der Waals surface area contributed by atoms with Crippen molar-refractivity contribution in [1.29, 1.82) is 0 Å². The molecule has 2 aromatic heterocycles. The summed E-state index contributed by atoms with van der Waals surface area (Å²) in [5.74, 6) is 0.451. The van der Waals surface area contributed by atoms with Gasteiger partial charge in [0.15, 0.2) is 0 Å². The minimum atomic E-state index is -0.683. The zero-order valence-electron chi connectivity index (χ0n) is 20.7. The molecule has 0 N–H and O–H groups in total. The van der Waals surface area contributed by atoms with E-state index < -0.39 is 17.7 Å². The fourth-order valence-electron chi connectivity index (χ4n) is 3.88. The summed E-state index contributed by atoms with van der Waals surface area (Å²) in [5, 5.41) is 0.514. The number of hydrogen-bond donors (Lipinski definition) is 0. The molecule has 0 unspecified atom stereocenters. The summed E-state index contributed by atoms with van der Waals surface area (Å²) in [6.07, 6.45) is 2.90. The molecule has 0 saturated heterocycles. The SMILES string of the molecule is Cc1ccc(-n2c([C@@H](C)N(Cc3cccnc3)C(=O)OC(C)(C)C)nc3ccccc3c2=O)cc1. The van der Waals surface area contributed by atoms with Crippen molar-refractivity contribution >= 4 is 17.0 Å². The third kappa shape index (κ3) is 5.40. The Balaban J connectivity index is 1.89. The Morgan fingerprint density at radius 2 is 1.77 bits per heavy atom. The molecule has 180 valence electrons. The van der Waals surface area contributed by atoms with Crippen LogP contribution in [0.1, 0.15) is 50.7 Å². The van der Waals surface area contributed by atoms with Crippen molar-refractivity contribution in [3.63, 3.8) is 0 Å². The Bertz CT molecular complexity index is 1390. The third-order valence-electron chi connectivity index (χ3n) is 5.64. The lowest BCUT2D eigenvalue weighted by molar-refractivity contribution is 0.0143. The van der Waals surface area contributed by atoms with Crippen molar-refractivity contribution in [3.8, 4) is 5.69 Å². The topological polar surface area (TPSA) is 77.3 Å². The van der Waals surface area contributed by atoms with Gasteiger partial charge in [0, 0.05) is 12.4 Å². The van der Waals surface area contributed by atoms with Crippen molar-refractivity contribution in [1.82, 2.24) is 19.4 Å². The molecule has 7 heteroatoms. The van der Waals surface area contributed by atoms with Crippen molar-refractivity contribution in [2.45, 2.75) is 52.8 Å². The molecule has 0 aliphatic rings. The number of pyridine rings is 1. The average Bonchev–Trinajstić information content (AvgIpc) is 2.82. The lowest BCUT2D eigenvalue weighted by Gasteiger charge is -2.32. The van der Waals surface area contributed by atoms with E-state index in [-0.39, 0.29) is 12.1 Å². The number of aryl methyl sites for hydroxylation is 1. The van der Waals surface area contributed by atoms with Gasteiger partial charge >= 0.3 is 6.09 Å². The number of hydrogen-bond acceptors (Lipinski definition) is 5. The first kappa shape index (κ1) is 24.1. The van der Waals surface area contributed by atoms with Crippen LogP contribution in [-0.4, -0.2) is 31.1 Å². The first-order chi connectivity index (χ1) is 16.6. The molecule has 1 amide bonds. The van der Waals surface area contributed by atoms with E-state index in [9.17, 15) is 9.59 Å². The van der Waals surface area contributed by atoms with Crippen LogP contribution in [0.5, 0.6) is 0 Å². The highest BCUT2D eigenvalue weighted by molar-refractivity contribution is 5.78. The van der Waals surface area contributed by atoms with Crippen LogP contribution >= 0.6 is 0 Å². The number of carbonyl (C=O) groups excluding carboxylic acids is 1. The van der Waals surface area contributed by atoms with Crippen LogP contribution in [0.2, 0.25) is 0 Å². The summed E-state index contributed by atoms with van der Waals surface area (Å²) in [6.45, 7) is 9.59. The van der Waals surface area contributed by atoms with Crippen LogP contribution in [0, 0.1) is 6.92 Å². The summed E-state index contributed by atoms with van der Waals surface area (Å²) in [6, 6.07) is 18.1. The summed E-state index contributed by atoms with van der Waals surface area (Å²) < 4.78 is 7.34. The predicted molar refractivity (Wildman–Crippen MR) is 137 cm³/mol. The van der Waals surface area contributed by atoms with Crippen LogP contribution in [0.3, 0.4) is 0 Å². The Kier molecular flexibility index (Phi) is 6.69. The minimum absolute atomic E-state index is 0.188. The fraction of sp³-hybridized carbons (Fsp3) is 0.286. The molecule has 0 radical (unpaired) electrons. The number of para-hydroxylation sites is 1. The monoisotopic (exact) mass is 470 g/mol. The zero-order valence-corrected chi connectivity index (χ0v) is 20.7. The van der Waals surface area contributed by atoms with Gasteiger partial charge in [0.25, 0.3) is 5.56 Å². The van der Waals surface area contributed by atoms with Crippen LogP contribution in [0.15, 0.2) is 77.9 Å². The maximum Gasteiger partial charge on any atom is 0.411 e. The quantitative estimate of drug-likeness (QED) is 0.380. The summed E-state index contributed by atoms with van der Waals surface area (Å²) in [5.41, 5.74) is 2.32. The minimum Gasteiger partial charge on any atom is -0.444 e. The van der Waals surface area contributed by atoms with E-state index in [0.29, 0.717) is 22.4 Å². The molecule has 7 nitrogen and oxygen atoms in total. The van der Waals surface area contributed by atoms with E-state index >= 15 is 0 Å². The molecule has 0 aliphatic carbocycles. The van der Waals surface area contributed by atoms with Crippen molar-refractivity contribution < 1.29 is 9.53 Å². The average molecular weight is 471 g/mol. The van der Waals surface area contributed by atoms with Gasteiger partial charge in [0.05, 0.1) is 29.2 Å². The second-order valence-corrected chi connectivity index (χ2v) is 9.61. The van der Waals surface area contributed by atoms with Gasteiger partial charge in [-0.15, -0.1) is 0 Å². The van der Waals surface area contributed by atoms with E-state index in [1.165, 1.54) is 0 Å². The first-order valence-corrected chi connectivity index (χ1v) is 11.6. The Morgan fingerprint density at radius 3 is 2.43 bits per heavy atom. The lowest BCUT2D eigenvalue weighted by Crippen LogP contribution is -2.40. The summed E-state index contributed by atoms with van der Waals surface area (Å²) in [4.78, 5) is 37.7. The van der Waals surface area contributed by atoms with Crippen molar-refractivity contribution in [3.05, 3.63) is 100 Å². The van der Waals surface area contributed by atoms with Gasteiger partial charge in [0.2, 0.25) is 0 Å². The molecule has 2 aromatic carbocycles. The highest BCUT2D eigenvalue weighted by Crippen LogP contribution is 2.26. The van der Waals surface area contributed by atoms with Gasteiger partial charge in [-0.1, -0.05) is 35.9 Å². The van der Waals surface area contributed by atoms with Gasteiger partial charge in [-0.25, -0.2) is 9.78 Å². The third-order valence-corrected chi connectivity index (χ3v) is 5.64. The van der Waals surface area contributed by atoms with Crippen molar-refractivity contribution in [2.75, 3.05) is 0 Å². The van der Waals surface area contributed by atoms with Crippen molar-refractivity contribution in [2.24, 2.45) is 0 Å². The Hall–Kier alpha value is -4.00. The van der Waals surface area contributed by atoms with E-state index in [2.05, 4.69) is 4.98 Å². The molecule has 4 aromatic rings. The molecule has 4 rings (SSSR count). The smallest absolute Gasteiger partial charge is 0.411 e. The second kappa shape index (κ2) is 9.70. The van der Waals surface area contributed by atoms with E-state index in [1.807, 2.05) is 89.2 Å². The summed E-state index contributed by atoms with van der Waals surface area (Å²) >= 11 is 0. The number of aromatic nitrogens is 3. The van der Waals surface area contributed by atoms with Gasteiger partial charge in [-0.05, 0) is 70.5 Å². The Labute approximate surface area is 205 Å². The highest BCUT2D eigenvalue weighted by atomic mass is 16.6. The van der Waals surface area contributed by atoms with E-state index in [0.717, 1.165) is 11.1 Å². The normalized spacial score (nSPS) is 12.4. The van der Waals surface area contributed by atoms with E-state index in [4.69, 9.17) is 9.72 Å². The zero-order chi connectivity index (χ0) is 25.2. The molecule has 0 bridgehead atoms. The number of nitrogens with zero attached hydrogens (tertiary/aromatic N) is 4. The second-order valence-electron chi connectivity index (χ2n) is 9.61. The number of amides is 1. The maximum atomic E-state index is 13.7. The number of benzene rings is 2. The molecule has 0 saturated carbocycles. The van der Waals surface area contributed by atoms with Crippen LogP contribution in [0.25, 0.3) is 16.6 Å². The lowest BCUT2D eigenvalue weighted by atomic mass is 10.1. The van der Waals surface area contributed by atoms with Crippen LogP contribution < -0.4 is 5.56 Å². The molecular weight excluding hydrogens is 440 g/mol. The molecule has 0 spiro atoms. The number of ether oxygens (including phenoxy) is 1. The summed E-state index contributed by atoms with van der Waals surface area (Å²) in [7, 11) is 0.